The third kappa shape index (κ3) is 4.23. The maximum Gasteiger partial charge on any atom is 0.341 e. The van der Waals surface area contributed by atoms with Gasteiger partial charge in [0.25, 0.3) is 5.91 Å². The molecule has 0 aliphatic carbocycles. The lowest BCUT2D eigenvalue weighted by atomic mass is 10.0. The van der Waals surface area contributed by atoms with Crippen LogP contribution in [-0.4, -0.2) is 42.6 Å². The molecule has 6 heteroatoms. The number of hydrogen-bond acceptors (Lipinski definition) is 3. The van der Waals surface area contributed by atoms with Crippen molar-refractivity contribution < 1.29 is 19.4 Å². The van der Waals surface area contributed by atoms with E-state index in [-0.39, 0.29) is 5.91 Å². The average Bonchev–Trinajstić information content (AvgIpc) is 2.52. The molecule has 0 fully saturated rings. The summed E-state index contributed by atoms with van der Waals surface area (Å²) < 4.78 is 5.30. The summed E-state index contributed by atoms with van der Waals surface area (Å²) in [6.07, 6.45) is 0. The number of carbonyl (C=O) groups is 2. The van der Waals surface area contributed by atoms with Crippen LogP contribution in [0.4, 0.5) is 0 Å². The van der Waals surface area contributed by atoms with Crippen LogP contribution in [0.2, 0.25) is 5.02 Å². The van der Waals surface area contributed by atoms with Gasteiger partial charge in [-0.2, -0.15) is 0 Å². The van der Waals surface area contributed by atoms with Gasteiger partial charge in [0.15, 0.2) is 6.61 Å². The number of nitrogens with zero attached hydrogens (tertiary/aromatic N) is 1. The molecule has 0 aromatic heterocycles. The maximum absolute atomic E-state index is 12.1. The lowest BCUT2D eigenvalue weighted by molar-refractivity contribution is -0.139. The molecule has 5 nitrogen and oxygen atoms in total. The summed E-state index contributed by atoms with van der Waals surface area (Å²) in [6.45, 7) is -0.453. The molecule has 2 aromatic rings. The molecule has 0 spiro atoms. The van der Waals surface area contributed by atoms with Crippen LogP contribution in [0, 0.1) is 0 Å². The zero-order valence-electron chi connectivity index (χ0n) is 12.7. The third-order valence-corrected chi connectivity index (χ3v) is 3.35. The van der Waals surface area contributed by atoms with Gasteiger partial charge in [-0.25, -0.2) is 4.79 Å². The molecule has 0 bridgehead atoms. The Balaban J connectivity index is 2.44. The molecule has 2 rings (SSSR count). The third-order valence-electron chi connectivity index (χ3n) is 3.12. The van der Waals surface area contributed by atoms with Crippen LogP contribution < -0.4 is 4.74 Å². The van der Waals surface area contributed by atoms with Gasteiger partial charge in [-0.15, -0.1) is 0 Å². The molecular weight excluding hydrogens is 318 g/mol. The van der Waals surface area contributed by atoms with Crippen molar-refractivity contribution in [3.05, 3.63) is 53.1 Å². The standard InChI is InChI=1S/C17H16ClNO4/c1-19(2)17(22)12-5-3-4-11(8-12)14-9-13(18)6-7-15(14)23-10-16(20)21/h3-9H,10H2,1-2H3,(H,20,21). The highest BCUT2D eigenvalue weighted by Crippen LogP contribution is 2.33. The van der Waals surface area contributed by atoms with Gasteiger partial charge >= 0.3 is 5.97 Å². The van der Waals surface area contributed by atoms with E-state index < -0.39 is 12.6 Å². The predicted molar refractivity (Wildman–Crippen MR) is 88.0 cm³/mol. The van der Waals surface area contributed by atoms with Gasteiger partial charge in [0.2, 0.25) is 0 Å². The predicted octanol–water partition coefficient (Wildman–Crippen LogP) is 3.17. The van der Waals surface area contributed by atoms with Crippen molar-refractivity contribution in [3.8, 4) is 16.9 Å². The van der Waals surface area contributed by atoms with Crippen molar-refractivity contribution in [2.75, 3.05) is 20.7 Å². The molecule has 0 aliphatic rings. The van der Waals surface area contributed by atoms with Crippen molar-refractivity contribution in [2.24, 2.45) is 0 Å². The van der Waals surface area contributed by atoms with E-state index in [1.54, 1.807) is 50.5 Å². The monoisotopic (exact) mass is 333 g/mol. The molecule has 0 atom stereocenters. The van der Waals surface area contributed by atoms with E-state index in [1.807, 2.05) is 6.07 Å². The van der Waals surface area contributed by atoms with Crippen LogP contribution in [0.5, 0.6) is 5.75 Å². The van der Waals surface area contributed by atoms with Crippen LogP contribution in [0.25, 0.3) is 11.1 Å². The highest BCUT2D eigenvalue weighted by atomic mass is 35.5. The number of hydrogen-bond donors (Lipinski definition) is 1. The minimum absolute atomic E-state index is 0.123. The maximum atomic E-state index is 12.1. The van der Waals surface area contributed by atoms with Gasteiger partial charge in [-0.1, -0.05) is 23.7 Å². The normalized spacial score (nSPS) is 10.2. The van der Waals surface area contributed by atoms with Gasteiger partial charge in [0.1, 0.15) is 5.75 Å². The summed E-state index contributed by atoms with van der Waals surface area (Å²) in [5.74, 6) is -0.796. The van der Waals surface area contributed by atoms with Crippen molar-refractivity contribution in [1.29, 1.82) is 0 Å². The molecule has 1 N–H and O–H groups in total. The number of halogens is 1. The highest BCUT2D eigenvalue weighted by molar-refractivity contribution is 6.31. The van der Waals surface area contributed by atoms with Crippen molar-refractivity contribution >= 4 is 23.5 Å². The number of aliphatic carboxylic acids is 1. The number of rotatable bonds is 5. The summed E-state index contributed by atoms with van der Waals surface area (Å²) in [6, 6.07) is 11.9. The van der Waals surface area contributed by atoms with E-state index in [4.69, 9.17) is 21.4 Å². The van der Waals surface area contributed by atoms with E-state index in [2.05, 4.69) is 0 Å². The first-order valence-electron chi connectivity index (χ1n) is 6.84. The molecule has 1 amide bonds. The first-order chi connectivity index (χ1) is 10.9. The Morgan fingerprint density at radius 1 is 1.17 bits per heavy atom. The van der Waals surface area contributed by atoms with E-state index in [0.717, 1.165) is 5.56 Å². The van der Waals surface area contributed by atoms with E-state index >= 15 is 0 Å². The van der Waals surface area contributed by atoms with Crippen LogP contribution in [0.3, 0.4) is 0 Å². The smallest absolute Gasteiger partial charge is 0.341 e. The van der Waals surface area contributed by atoms with Crippen molar-refractivity contribution in [1.82, 2.24) is 4.90 Å². The number of benzene rings is 2. The zero-order chi connectivity index (χ0) is 17.0. The fourth-order valence-electron chi connectivity index (χ4n) is 2.07. The molecule has 120 valence electrons. The summed E-state index contributed by atoms with van der Waals surface area (Å²) >= 11 is 6.04. The highest BCUT2D eigenvalue weighted by Gasteiger charge is 2.13. The molecule has 0 unspecified atom stereocenters. The molecule has 0 aliphatic heterocycles. The molecular formula is C17H16ClNO4. The zero-order valence-corrected chi connectivity index (χ0v) is 13.5. The molecule has 0 heterocycles. The second-order valence-corrected chi connectivity index (χ2v) is 5.54. The molecule has 0 saturated heterocycles. The van der Waals surface area contributed by atoms with Crippen LogP contribution >= 0.6 is 11.6 Å². The number of amides is 1. The summed E-state index contributed by atoms with van der Waals surface area (Å²) in [7, 11) is 3.35. The number of carboxylic acid groups (broad SMARTS) is 1. The Hall–Kier alpha value is -2.53. The van der Waals surface area contributed by atoms with Crippen LogP contribution in [-0.2, 0) is 4.79 Å². The van der Waals surface area contributed by atoms with E-state index in [9.17, 15) is 9.59 Å². The van der Waals surface area contributed by atoms with Crippen LogP contribution in [0.1, 0.15) is 10.4 Å². The molecule has 23 heavy (non-hydrogen) atoms. The Kier molecular flexibility index (Phi) is 5.24. The minimum Gasteiger partial charge on any atom is -0.481 e. The molecule has 2 aromatic carbocycles. The Morgan fingerprint density at radius 3 is 2.57 bits per heavy atom. The summed E-state index contributed by atoms with van der Waals surface area (Å²) in [5, 5.41) is 9.26. The van der Waals surface area contributed by atoms with Gasteiger partial charge in [0, 0.05) is 30.2 Å². The first kappa shape index (κ1) is 16.8. The van der Waals surface area contributed by atoms with Crippen LogP contribution in [0.15, 0.2) is 42.5 Å². The summed E-state index contributed by atoms with van der Waals surface area (Å²) in [5.41, 5.74) is 1.88. The molecule has 0 saturated carbocycles. The van der Waals surface area contributed by atoms with Gasteiger partial charge in [-0.05, 0) is 35.9 Å². The Morgan fingerprint density at radius 2 is 1.91 bits per heavy atom. The topological polar surface area (TPSA) is 66.8 Å². The first-order valence-corrected chi connectivity index (χ1v) is 7.22. The van der Waals surface area contributed by atoms with Gasteiger partial charge in [-0.3, -0.25) is 4.79 Å². The van der Waals surface area contributed by atoms with Gasteiger partial charge in [0.05, 0.1) is 0 Å². The van der Waals surface area contributed by atoms with Gasteiger partial charge < -0.3 is 14.7 Å². The lowest BCUT2D eigenvalue weighted by Crippen LogP contribution is -2.21. The number of carbonyl (C=O) groups excluding carboxylic acids is 1. The second-order valence-electron chi connectivity index (χ2n) is 5.10. The fraction of sp³-hybridized carbons (Fsp3) is 0.176. The fourth-order valence-corrected chi connectivity index (χ4v) is 2.24. The summed E-state index contributed by atoms with van der Waals surface area (Å²) in [4.78, 5) is 24.3. The molecule has 0 radical (unpaired) electrons. The largest absolute Gasteiger partial charge is 0.481 e. The SMILES string of the molecule is CN(C)C(=O)c1cccc(-c2cc(Cl)ccc2OCC(=O)O)c1. The average molecular weight is 334 g/mol. The number of ether oxygens (including phenoxy) is 1. The second kappa shape index (κ2) is 7.15. The van der Waals surface area contributed by atoms with Crippen molar-refractivity contribution in [2.45, 2.75) is 0 Å². The van der Waals surface area contributed by atoms with E-state index in [0.29, 0.717) is 21.9 Å². The quantitative estimate of drug-likeness (QED) is 0.912. The number of carboxylic acids is 1. The Bertz CT molecular complexity index is 743. The minimum atomic E-state index is -1.07. The van der Waals surface area contributed by atoms with Crippen molar-refractivity contribution in [3.63, 3.8) is 0 Å². The van der Waals surface area contributed by atoms with E-state index in [1.165, 1.54) is 4.90 Å². The Labute approximate surface area is 139 Å². The lowest BCUT2D eigenvalue weighted by Gasteiger charge is -2.13.